The smallest absolute Gasteiger partial charge is 0.176 e. The topological polar surface area (TPSA) is 80.3 Å². The van der Waals surface area contributed by atoms with Gasteiger partial charge in [-0.3, -0.25) is 0 Å². The first-order valence-electron chi connectivity index (χ1n) is 5.34. The minimum absolute atomic E-state index is 0.126. The summed E-state index contributed by atoms with van der Waals surface area (Å²) in [6, 6.07) is 4.43. The monoisotopic (exact) mass is 291 g/mol. The Morgan fingerprint density at radius 1 is 1.00 bits per heavy atom. The Morgan fingerprint density at radius 2 is 1.56 bits per heavy atom. The number of sulfone groups is 2. The molecule has 0 aliphatic heterocycles. The molecule has 0 bridgehead atoms. The van der Waals surface area contributed by atoms with Gasteiger partial charge in [0.15, 0.2) is 19.7 Å². The predicted molar refractivity (Wildman–Crippen MR) is 70.3 cm³/mol. The number of benzene rings is 1. The van der Waals surface area contributed by atoms with Crippen molar-refractivity contribution in [2.75, 3.05) is 26.1 Å². The zero-order valence-electron chi connectivity index (χ0n) is 10.6. The molecule has 0 saturated heterocycles. The van der Waals surface area contributed by atoms with Gasteiger partial charge in [-0.25, -0.2) is 16.8 Å². The van der Waals surface area contributed by atoms with Crippen molar-refractivity contribution in [3.63, 3.8) is 0 Å². The minimum Gasteiger partial charge on any atom is -0.319 e. The van der Waals surface area contributed by atoms with Crippen molar-refractivity contribution in [2.24, 2.45) is 0 Å². The molecule has 1 N–H and O–H groups in total. The molecule has 0 unspecified atom stereocenters. The molecule has 0 aromatic heterocycles. The first-order valence-corrected chi connectivity index (χ1v) is 9.12. The van der Waals surface area contributed by atoms with E-state index >= 15 is 0 Å². The maximum absolute atomic E-state index is 11.6. The quantitative estimate of drug-likeness (QED) is 0.841. The van der Waals surface area contributed by atoms with E-state index in [4.69, 9.17) is 0 Å². The van der Waals surface area contributed by atoms with Gasteiger partial charge < -0.3 is 5.32 Å². The molecule has 0 aliphatic rings. The van der Waals surface area contributed by atoms with E-state index in [1.165, 1.54) is 12.1 Å². The van der Waals surface area contributed by atoms with E-state index in [2.05, 4.69) is 5.32 Å². The Morgan fingerprint density at radius 3 is 2.00 bits per heavy atom. The van der Waals surface area contributed by atoms with Gasteiger partial charge in [0.05, 0.1) is 9.79 Å². The van der Waals surface area contributed by atoms with Crippen LogP contribution in [0.1, 0.15) is 5.56 Å². The van der Waals surface area contributed by atoms with E-state index in [-0.39, 0.29) is 9.79 Å². The molecule has 0 aliphatic carbocycles. The molecular formula is C11H17NO4S2. The number of likely N-dealkylation sites (N-methyl/N-ethyl adjacent to an activating group) is 1. The fourth-order valence-corrected chi connectivity index (χ4v) is 4.02. The second-order valence-corrected chi connectivity index (χ2v) is 8.15. The Bertz CT molecular complexity index is 633. The summed E-state index contributed by atoms with van der Waals surface area (Å²) < 4.78 is 46.4. The van der Waals surface area contributed by atoms with Crippen molar-refractivity contribution in [1.29, 1.82) is 0 Å². The molecule has 7 heteroatoms. The maximum Gasteiger partial charge on any atom is 0.176 e. The lowest BCUT2D eigenvalue weighted by Gasteiger charge is -2.09. The first-order chi connectivity index (χ1) is 8.16. The Labute approximate surface area is 108 Å². The van der Waals surface area contributed by atoms with Crippen LogP contribution < -0.4 is 5.32 Å². The molecule has 1 aromatic carbocycles. The van der Waals surface area contributed by atoms with E-state index in [0.29, 0.717) is 13.0 Å². The average Bonchev–Trinajstić information content (AvgIpc) is 2.23. The van der Waals surface area contributed by atoms with E-state index in [0.717, 1.165) is 18.1 Å². The van der Waals surface area contributed by atoms with Crippen LogP contribution in [0.5, 0.6) is 0 Å². The lowest BCUT2D eigenvalue weighted by molar-refractivity contribution is 0.588. The number of rotatable bonds is 5. The van der Waals surface area contributed by atoms with Crippen LogP contribution in [0, 0.1) is 0 Å². The van der Waals surface area contributed by atoms with E-state index < -0.39 is 19.7 Å². The first kappa shape index (κ1) is 15.1. The third-order valence-corrected chi connectivity index (χ3v) is 4.89. The molecular weight excluding hydrogens is 274 g/mol. The van der Waals surface area contributed by atoms with Crippen LogP contribution in [0.4, 0.5) is 0 Å². The Hall–Kier alpha value is -0.920. The molecule has 0 amide bonds. The molecule has 18 heavy (non-hydrogen) atoms. The summed E-state index contributed by atoms with van der Waals surface area (Å²) in [6.45, 7) is 0.696. The Balaban J connectivity index is 3.40. The molecule has 0 spiro atoms. The third kappa shape index (κ3) is 3.79. The van der Waals surface area contributed by atoms with Crippen LogP contribution in [0.25, 0.3) is 0 Å². The number of nitrogens with one attached hydrogen (secondary N) is 1. The highest BCUT2D eigenvalue weighted by atomic mass is 32.2. The number of hydrogen-bond donors (Lipinski definition) is 1. The average molecular weight is 291 g/mol. The fourth-order valence-electron chi connectivity index (χ4n) is 1.57. The lowest BCUT2D eigenvalue weighted by atomic mass is 10.1. The molecule has 0 saturated carbocycles. The minimum atomic E-state index is -3.56. The molecule has 0 heterocycles. The highest BCUT2D eigenvalue weighted by molar-refractivity contribution is 7.93. The second-order valence-electron chi connectivity index (χ2n) is 4.18. The van der Waals surface area contributed by atoms with Crippen molar-refractivity contribution in [3.8, 4) is 0 Å². The molecule has 5 nitrogen and oxygen atoms in total. The molecule has 0 atom stereocenters. The van der Waals surface area contributed by atoms with Gasteiger partial charge in [0.2, 0.25) is 0 Å². The molecule has 0 fully saturated rings. The van der Waals surface area contributed by atoms with Gasteiger partial charge in [-0.05, 0) is 37.7 Å². The van der Waals surface area contributed by atoms with Crippen LogP contribution in [-0.4, -0.2) is 42.9 Å². The highest BCUT2D eigenvalue weighted by Gasteiger charge is 2.20. The van der Waals surface area contributed by atoms with E-state index in [9.17, 15) is 16.8 Å². The van der Waals surface area contributed by atoms with E-state index in [1.54, 1.807) is 13.1 Å². The summed E-state index contributed by atoms with van der Waals surface area (Å²) in [7, 11) is -5.32. The summed E-state index contributed by atoms with van der Waals surface area (Å²) in [4.78, 5) is -0.267. The normalized spacial score (nSPS) is 12.6. The third-order valence-electron chi connectivity index (χ3n) is 2.47. The van der Waals surface area contributed by atoms with Crippen LogP contribution in [0.2, 0.25) is 0 Å². The van der Waals surface area contributed by atoms with Crippen molar-refractivity contribution >= 4 is 19.7 Å². The van der Waals surface area contributed by atoms with Crippen molar-refractivity contribution < 1.29 is 16.8 Å². The SMILES string of the molecule is CNCCc1ccc(S(C)(=O)=O)c(S(C)(=O)=O)c1. The summed E-state index contributed by atoms with van der Waals surface area (Å²) in [5.74, 6) is 0. The maximum atomic E-state index is 11.6. The van der Waals surface area contributed by atoms with Crippen LogP contribution in [0.15, 0.2) is 28.0 Å². The van der Waals surface area contributed by atoms with Gasteiger partial charge in [-0.2, -0.15) is 0 Å². The summed E-state index contributed by atoms with van der Waals surface area (Å²) in [5, 5.41) is 2.95. The standard InChI is InChI=1S/C11H17NO4S2/c1-12-7-6-9-4-5-10(17(2,13)14)11(8-9)18(3,15)16/h4-5,8,12H,6-7H2,1-3H3. The van der Waals surface area contributed by atoms with Gasteiger partial charge in [0.25, 0.3) is 0 Å². The van der Waals surface area contributed by atoms with Gasteiger partial charge in [-0.1, -0.05) is 6.07 Å². The lowest BCUT2D eigenvalue weighted by Crippen LogP contribution is -2.12. The summed E-state index contributed by atoms with van der Waals surface area (Å²) in [6.07, 6.45) is 2.66. The van der Waals surface area contributed by atoms with Crippen LogP contribution >= 0.6 is 0 Å². The van der Waals surface area contributed by atoms with Gasteiger partial charge >= 0.3 is 0 Å². The molecule has 102 valence electrons. The van der Waals surface area contributed by atoms with Crippen molar-refractivity contribution in [1.82, 2.24) is 5.32 Å². The van der Waals surface area contributed by atoms with E-state index in [1.807, 2.05) is 0 Å². The fraction of sp³-hybridized carbons (Fsp3) is 0.455. The highest BCUT2D eigenvalue weighted by Crippen LogP contribution is 2.22. The zero-order chi connectivity index (χ0) is 14.0. The zero-order valence-corrected chi connectivity index (χ0v) is 12.2. The Kier molecular flexibility index (Phi) is 4.52. The second kappa shape index (κ2) is 5.38. The van der Waals surface area contributed by atoms with Gasteiger partial charge in [0, 0.05) is 12.5 Å². The van der Waals surface area contributed by atoms with Crippen molar-refractivity contribution in [2.45, 2.75) is 16.2 Å². The van der Waals surface area contributed by atoms with Crippen LogP contribution in [-0.2, 0) is 26.1 Å². The largest absolute Gasteiger partial charge is 0.319 e. The summed E-state index contributed by atoms with van der Waals surface area (Å²) >= 11 is 0. The van der Waals surface area contributed by atoms with Crippen molar-refractivity contribution in [3.05, 3.63) is 23.8 Å². The van der Waals surface area contributed by atoms with Crippen LogP contribution in [0.3, 0.4) is 0 Å². The summed E-state index contributed by atoms with van der Waals surface area (Å²) in [5.41, 5.74) is 0.789. The molecule has 0 radical (unpaired) electrons. The van der Waals surface area contributed by atoms with Gasteiger partial charge in [-0.15, -0.1) is 0 Å². The molecule has 1 aromatic rings. The number of hydrogen-bond acceptors (Lipinski definition) is 5. The predicted octanol–water partition coefficient (Wildman–Crippen LogP) is 0.256. The van der Waals surface area contributed by atoms with Gasteiger partial charge in [0.1, 0.15) is 0 Å². The molecule has 1 rings (SSSR count).